The first-order valence-electron chi connectivity index (χ1n) is 10.6. The van der Waals surface area contributed by atoms with Gasteiger partial charge in [0.1, 0.15) is 11.5 Å². The van der Waals surface area contributed by atoms with Crippen molar-refractivity contribution >= 4 is 0 Å². The van der Waals surface area contributed by atoms with Crippen LogP contribution in [0.25, 0.3) is 0 Å². The van der Waals surface area contributed by atoms with Gasteiger partial charge in [-0.15, -0.1) is 0 Å². The van der Waals surface area contributed by atoms with Gasteiger partial charge in [-0.1, -0.05) is 97.7 Å². The van der Waals surface area contributed by atoms with Gasteiger partial charge in [-0.25, -0.2) is 0 Å². The summed E-state index contributed by atoms with van der Waals surface area (Å²) in [5.41, 5.74) is 5.40. The van der Waals surface area contributed by atoms with Crippen molar-refractivity contribution in [1.82, 2.24) is 0 Å². The lowest BCUT2D eigenvalue weighted by Crippen LogP contribution is -2.23. The van der Waals surface area contributed by atoms with Crippen molar-refractivity contribution in [2.45, 2.75) is 92.9 Å². The van der Waals surface area contributed by atoms with Crippen LogP contribution < -0.4 is 0 Å². The Labute approximate surface area is 178 Å². The molecule has 2 rings (SSSR count). The van der Waals surface area contributed by atoms with Gasteiger partial charge in [0.05, 0.1) is 0 Å². The lowest BCUT2D eigenvalue weighted by atomic mass is 9.69. The van der Waals surface area contributed by atoms with Gasteiger partial charge in [0.2, 0.25) is 0 Å². The van der Waals surface area contributed by atoms with Crippen LogP contribution >= 0.6 is 0 Å². The summed E-state index contributed by atoms with van der Waals surface area (Å²) in [5, 5.41) is 22.7. The van der Waals surface area contributed by atoms with E-state index >= 15 is 0 Å². The third-order valence-corrected chi connectivity index (χ3v) is 5.67. The van der Waals surface area contributed by atoms with Crippen molar-refractivity contribution in [3.63, 3.8) is 0 Å². The Kier molecular flexibility index (Phi) is 5.93. The van der Waals surface area contributed by atoms with E-state index in [0.717, 1.165) is 33.4 Å². The van der Waals surface area contributed by atoms with Crippen molar-refractivity contribution in [1.29, 1.82) is 0 Å². The Morgan fingerprint density at radius 3 is 1.14 bits per heavy atom. The zero-order valence-corrected chi connectivity index (χ0v) is 20.3. The van der Waals surface area contributed by atoms with Crippen molar-refractivity contribution in [3.8, 4) is 11.5 Å². The van der Waals surface area contributed by atoms with Crippen LogP contribution in [-0.2, 0) is 10.8 Å². The minimum absolute atomic E-state index is 0.135. The fraction of sp³-hybridized carbons (Fsp3) is 0.556. The second-order valence-electron chi connectivity index (χ2n) is 11.8. The van der Waals surface area contributed by atoms with E-state index in [0.29, 0.717) is 11.5 Å². The lowest BCUT2D eigenvalue weighted by molar-refractivity contribution is 0.333. The molecule has 0 spiro atoms. The molecule has 0 bridgehead atoms. The molecule has 0 heterocycles. The van der Waals surface area contributed by atoms with E-state index in [9.17, 15) is 10.2 Å². The Morgan fingerprint density at radius 2 is 0.897 bits per heavy atom. The van der Waals surface area contributed by atoms with Gasteiger partial charge in [0, 0.05) is 17.0 Å². The number of phenolic OH excluding ortho intramolecular Hbond substituents is 2. The molecular formula is C27H40O2. The van der Waals surface area contributed by atoms with Gasteiger partial charge in [-0.2, -0.15) is 0 Å². The Bertz CT molecular complexity index is 831. The molecule has 160 valence electrons. The smallest absolute Gasteiger partial charge is 0.123 e. The molecule has 0 saturated carbocycles. The summed E-state index contributed by atoms with van der Waals surface area (Å²) in [6.07, 6.45) is 0. The maximum Gasteiger partial charge on any atom is 0.123 e. The molecule has 0 aromatic heterocycles. The molecule has 0 radical (unpaired) electrons. The van der Waals surface area contributed by atoms with Crippen LogP contribution in [0.3, 0.4) is 0 Å². The summed E-state index contributed by atoms with van der Waals surface area (Å²) >= 11 is 0. The molecule has 2 nitrogen and oxygen atoms in total. The molecule has 0 unspecified atom stereocenters. The fourth-order valence-electron chi connectivity index (χ4n) is 4.30. The van der Waals surface area contributed by atoms with E-state index in [1.165, 1.54) is 0 Å². The van der Waals surface area contributed by atoms with Crippen LogP contribution in [0.15, 0.2) is 24.3 Å². The third-order valence-electron chi connectivity index (χ3n) is 5.67. The SMILES string of the molecule is Cc1cc(C(c2cc(C)cc(C(C)(C)C)c2O)C(C)(C)C)c(O)c(C(C)(C)C)c1. The Morgan fingerprint density at radius 1 is 0.586 bits per heavy atom. The zero-order chi connectivity index (χ0) is 22.5. The van der Waals surface area contributed by atoms with Gasteiger partial charge in [-0.05, 0) is 41.2 Å². The number of rotatable bonds is 2. The largest absolute Gasteiger partial charge is 0.507 e. The van der Waals surface area contributed by atoms with Crippen LogP contribution in [0, 0.1) is 19.3 Å². The molecule has 0 atom stereocenters. The number of aryl methyl sites for hydroxylation is 2. The molecule has 0 aliphatic heterocycles. The average molecular weight is 397 g/mol. The first-order valence-corrected chi connectivity index (χ1v) is 10.6. The number of hydrogen-bond donors (Lipinski definition) is 2. The molecule has 0 fully saturated rings. The van der Waals surface area contributed by atoms with E-state index in [1.54, 1.807) is 0 Å². The summed E-state index contributed by atoms with van der Waals surface area (Å²) in [6, 6.07) is 8.32. The van der Waals surface area contributed by atoms with Gasteiger partial charge in [-0.3, -0.25) is 0 Å². The maximum atomic E-state index is 11.4. The van der Waals surface area contributed by atoms with E-state index < -0.39 is 0 Å². The van der Waals surface area contributed by atoms with Crippen LogP contribution in [0.4, 0.5) is 0 Å². The van der Waals surface area contributed by atoms with Gasteiger partial charge >= 0.3 is 0 Å². The maximum absolute atomic E-state index is 11.4. The molecular weight excluding hydrogens is 356 g/mol. The molecule has 2 N–H and O–H groups in total. The topological polar surface area (TPSA) is 40.5 Å². The molecule has 2 heteroatoms. The summed E-state index contributed by atoms with van der Waals surface area (Å²) in [6.45, 7) is 23.4. The van der Waals surface area contributed by atoms with Gasteiger partial charge in [0.15, 0.2) is 0 Å². The molecule has 2 aromatic carbocycles. The summed E-state index contributed by atoms with van der Waals surface area (Å²) in [4.78, 5) is 0. The van der Waals surface area contributed by atoms with E-state index in [1.807, 2.05) is 0 Å². The highest BCUT2D eigenvalue weighted by Gasteiger charge is 2.35. The lowest BCUT2D eigenvalue weighted by Gasteiger charge is -2.36. The van der Waals surface area contributed by atoms with E-state index in [2.05, 4.69) is 100 Å². The highest BCUT2D eigenvalue weighted by atomic mass is 16.3. The summed E-state index contributed by atoms with van der Waals surface area (Å²) < 4.78 is 0. The van der Waals surface area contributed by atoms with E-state index in [-0.39, 0.29) is 22.2 Å². The third kappa shape index (κ3) is 4.79. The second kappa shape index (κ2) is 7.38. The summed E-state index contributed by atoms with van der Waals surface area (Å²) in [7, 11) is 0. The first kappa shape index (κ1) is 23.3. The van der Waals surface area contributed by atoms with Crippen LogP contribution in [0.1, 0.15) is 102 Å². The Hall–Kier alpha value is -1.96. The highest BCUT2D eigenvalue weighted by molar-refractivity contribution is 5.56. The predicted octanol–water partition coefficient (Wildman–Crippen LogP) is 7.49. The first-order chi connectivity index (χ1) is 12.9. The predicted molar refractivity (Wildman–Crippen MR) is 124 cm³/mol. The average Bonchev–Trinajstić information content (AvgIpc) is 2.50. The van der Waals surface area contributed by atoms with Crippen LogP contribution in [0.5, 0.6) is 11.5 Å². The number of phenols is 2. The second-order valence-corrected chi connectivity index (χ2v) is 11.8. The normalized spacial score (nSPS) is 13.2. The van der Waals surface area contributed by atoms with Crippen molar-refractivity contribution < 1.29 is 10.2 Å². The monoisotopic (exact) mass is 396 g/mol. The summed E-state index contributed by atoms with van der Waals surface area (Å²) in [5.74, 6) is 0.562. The van der Waals surface area contributed by atoms with Crippen LogP contribution in [-0.4, -0.2) is 10.2 Å². The zero-order valence-electron chi connectivity index (χ0n) is 20.3. The van der Waals surface area contributed by atoms with Gasteiger partial charge < -0.3 is 10.2 Å². The van der Waals surface area contributed by atoms with Crippen molar-refractivity contribution in [2.75, 3.05) is 0 Å². The van der Waals surface area contributed by atoms with Crippen molar-refractivity contribution in [3.05, 3.63) is 57.6 Å². The molecule has 29 heavy (non-hydrogen) atoms. The Balaban J connectivity index is 2.91. The number of aromatic hydroxyl groups is 2. The van der Waals surface area contributed by atoms with Crippen LogP contribution in [0.2, 0.25) is 0 Å². The number of benzene rings is 2. The minimum atomic E-state index is -0.194. The quantitative estimate of drug-likeness (QED) is 0.552. The molecule has 0 aliphatic rings. The molecule has 0 saturated heterocycles. The highest BCUT2D eigenvalue weighted by Crippen LogP contribution is 2.50. The number of hydrogen-bond acceptors (Lipinski definition) is 2. The molecule has 0 aliphatic carbocycles. The van der Waals surface area contributed by atoms with Gasteiger partial charge in [0.25, 0.3) is 0 Å². The molecule has 2 aromatic rings. The minimum Gasteiger partial charge on any atom is -0.507 e. The standard InChI is InChI=1S/C27H40O2/c1-16-12-18(23(28)20(14-16)25(3,4)5)22(27(9,10)11)19-13-17(2)15-21(24(19)29)26(6,7)8/h12-15,22,28-29H,1-11H3. The fourth-order valence-corrected chi connectivity index (χ4v) is 4.30. The molecule has 0 amide bonds. The van der Waals surface area contributed by atoms with E-state index in [4.69, 9.17) is 0 Å². The van der Waals surface area contributed by atoms with Crippen molar-refractivity contribution in [2.24, 2.45) is 5.41 Å².